The second-order valence-electron chi connectivity index (χ2n) is 6.55. The number of fused-ring (bicyclic) bond motifs is 2. The van der Waals surface area contributed by atoms with E-state index in [9.17, 15) is 18.0 Å². The second-order valence-corrected chi connectivity index (χ2v) is 8.26. The summed E-state index contributed by atoms with van der Waals surface area (Å²) in [6.07, 6.45) is -3.68. The molecule has 0 spiro atoms. The number of aryl methyl sites for hydroxylation is 1. The minimum Gasteiger partial charge on any atom is -0.358 e. The summed E-state index contributed by atoms with van der Waals surface area (Å²) in [4.78, 5) is 16.3. The van der Waals surface area contributed by atoms with Crippen molar-refractivity contribution in [3.05, 3.63) is 58.4 Å². The Bertz CT molecular complexity index is 1250. The number of Topliss-reactive ketones (excluding diaryl/α,β-unsaturated/α-hetero) is 1. The zero-order chi connectivity index (χ0) is 20.9. The fourth-order valence-corrected chi connectivity index (χ4v) is 4.31. The number of rotatable bonds is 4. The molecule has 150 valence electrons. The summed E-state index contributed by atoms with van der Waals surface area (Å²) in [6, 6.07) is 8.25. The van der Waals surface area contributed by atoms with Gasteiger partial charge < -0.3 is 4.98 Å². The zero-order valence-corrected chi connectivity index (χ0v) is 16.8. The number of hydrogen-bond donors (Lipinski definition) is 1. The lowest BCUT2D eigenvalue weighted by Gasteiger charge is -2.11. The van der Waals surface area contributed by atoms with Crippen molar-refractivity contribution >= 4 is 45.7 Å². The summed E-state index contributed by atoms with van der Waals surface area (Å²) < 4.78 is 40.5. The molecule has 0 fully saturated rings. The molecule has 29 heavy (non-hydrogen) atoms. The predicted molar refractivity (Wildman–Crippen MR) is 106 cm³/mol. The molecule has 3 aromatic heterocycles. The van der Waals surface area contributed by atoms with Crippen LogP contribution < -0.4 is 0 Å². The lowest BCUT2D eigenvalue weighted by atomic mass is 10.1. The minimum absolute atomic E-state index is 0.102. The molecule has 10 heteroatoms. The average molecular weight is 439 g/mol. The summed E-state index contributed by atoms with van der Waals surface area (Å²) in [5.74, 6) is -0.153. The van der Waals surface area contributed by atoms with E-state index >= 15 is 0 Å². The summed E-state index contributed by atoms with van der Waals surface area (Å²) in [6.45, 7) is 3.50. The number of para-hydroxylation sites is 1. The van der Waals surface area contributed by atoms with Gasteiger partial charge in [0.15, 0.2) is 16.6 Å². The van der Waals surface area contributed by atoms with Gasteiger partial charge in [0.2, 0.25) is 0 Å². The third-order valence-corrected chi connectivity index (χ3v) is 5.88. The Kier molecular flexibility index (Phi) is 4.82. The van der Waals surface area contributed by atoms with Crippen LogP contribution in [0.4, 0.5) is 13.2 Å². The molecule has 0 saturated carbocycles. The van der Waals surface area contributed by atoms with Gasteiger partial charge in [-0.15, -0.1) is 10.2 Å². The molecule has 1 aromatic carbocycles. The third-order valence-electron chi connectivity index (χ3n) is 4.55. The Morgan fingerprint density at radius 3 is 2.72 bits per heavy atom. The molecule has 4 aromatic rings. The molecular weight excluding hydrogens is 425 g/mol. The number of aromatic nitrogens is 4. The van der Waals surface area contributed by atoms with Gasteiger partial charge in [-0.05, 0) is 26.0 Å². The van der Waals surface area contributed by atoms with Gasteiger partial charge in [0, 0.05) is 28.4 Å². The highest BCUT2D eigenvalue weighted by atomic mass is 35.5. The van der Waals surface area contributed by atoms with Crippen LogP contribution in [0.15, 0.2) is 41.7 Å². The van der Waals surface area contributed by atoms with Crippen LogP contribution in [0.2, 0.25) is 5.02 Å². The summed E-state index contributed by atoms with van der Waals surface area (Å²) in [5.41, 5.74) is 1.33. The van der Waals surface area contributed by atoms with Crippen LogP contribution in [-0.2, 0) is 6.18 Å². The van der Waals surface area contributed by atoms with E-state index < -0.39 is 17.0 Å². The minimum atomic E-state index is -4.56. The largest absolute Gasteiger partial charge is 0.417 e. The van der Waals surface area contributed by atoms with Crippen molar-refractivity contribution in [3.63, 3.8) is 0 Å². The number of carbonyl (C=O) groups excluding carboxylic acids is 1. The van der Waals surface area contributed by atoms with Gasteiger partial charge in [0.05, 0.1) is 15.8 Å². The van der Waals surface area contributed by atoms with Crippen molar-refractivity contribution in [1.82, 2.24) is 19.6 Å². The number of nitrogens with one attached hydrogen (secondary N) is 1. The van der Waals surface area contributed by atoms with Crippen molar-refractivity contribution in [2.75, 3.05) is 0 Å². The molecule has 1 N–H and O–H groups in total. The Morgan fingerprint density at radius 2 is 2.00 bits per heavy atom. The average Bonchev–Trinajstić information content (AvgIpc) is 3.20. The number of aromatic amines is 1. The summed E-state index contributed by atoms with van der Waals surface area (Å²) in [7, 11) is 0. The first-order chi connectivity index (χ1) is 13.7. The highest BCUT2D eigenvalue weighted by Gasteiger charge is 2.32. The van der Waals surface area contributed by atoms with Gasteiger partial charge in [0.1, 0.15) is 0 Å². The van der Waals surface area contributed by atoms with Crippen LogP contribution in [0.5, 0.6) is 0 Å². The molecular formula is C19H14ClF3N4OS. The normalized spacial score (nSPS) is 13.3. The first-order valence-electron chi connectivity index (χ1n) is 8.56. The second kappa shape index (κ2) is 7.07. The van der Waals surface area contributed by atoms with Crippen molar-refractivity contribution in [2.24, 2.45) is 0 Å². The number of ketones is 1. The van der Waals surface area contributed by atoms with E-state index in [1.165, 1.54) is 4.40 Å². The number of pyridine rings is 1. The van der Waals surface area contributed by atoms with Crippen LogP contribution in [0.3, 0.4) is 0 Å². The maximum atomic E-state index is 13.1. The van der Waals surface area contributed by atoms with E-state index in [1.807, 2.05) is 31.2 Å². The number of alkyl halides is 3. The van der Waals surface area contributed by atoms with Gasteiger partial charge in [-0.1, -0.05) is 41.6 Å². The van der Waals surface area contributed by atoms with Gasteiger partial charge in [-0.2, -0.15) is 13.2 Å². The Morgan fingerprint density at radius 1 is 1.28 bits per heavy atom. The standard InChI is InChI=1S/C19H14ClF3N4OS/c1-9-15(12-5-3-4-6-14(12)24-9)16(28)10(2)29-18-26-25-17-13(20)7-11(8-27(17)18)19(21,22)23/h3-8,10,24H,1-2H3. The van der Waals surface area contributed by atoms with E-state index in [1.54, 1.807) is 6.92 Å². The molecule has 0 aliphatic carbocycles. The number of H-pyrrole nitrogens is 1. The van der Waals surface area contributed by atoms with E-state index in [4.69, 9.17) is 11.6 Å². The van der Waals surface area contributed by atoms with E-state index in [2.05, 4.69) is 15.2 Å². The zero-order valence-electron chi connectivity index (χ0n) is 15.2. The lowest BCUT2D eigenvalue weighted by Crippen LogP contribution is -2.15. The maximum Gasteiger partial charge on any atom is 0.417 e. The fourth-order valence-electron chi connectivity index (χ4n) is 3.18. The number of nitrogens with zero attached hydrogens (tertiary/aromatic N) is 3. The number of thioether (sulfide) groups is 1. The van der Waals surface area contributed by atoms with Crippen molar-refractivity contribution < 1.29 is 18.0 Å². The molecule has 0 aliphatic heterocycles. The monoisotopic (exact) mass is 438 g/mol. The van der Waals surface area contributed by atoms with Gasteiger partial charge in [0.25, 0.3) is 0 Å². The van der Waals surface area contributed by atoms with Crippen LogP contribution >= 0.6 is 23.4 Å². The quantitative estimate of drug-likeness (QED) is 0.335. The molecule has 1 atom stereocenters. The Balaban J connectivity index is 1.70. The van der Waals surface area contributed by atoms with Crippen LogP contribution in [-0.4, -0.2) is 30.6 Å². The fraction of sp³-hybridized carbons (Fsp3) is 0.211. The molecule has 4 rings (SSSR count). The molecule has 0 aliphatic rings. The molecule has 5 nitrogen and oxygen atoms in total. The third kappa shape index (κ3) is 3.49. The molecule has 0 saturated heterocycles. The van der Waals surface area contributed by atoms with E-state index in [0.29, 0.717) is 5.56 Å². The van der Waals surface area contributed by atoms with Crippen LogP contribution in [0, 0.1) is 6.92 Å². The van der Waals surface area contributed by atoms with Crippen molar-refractivity contribution in [3.8, 4) is 0 Å². The highest BCUT2D eigenvalue weighted by Crippen LogP contribution is 2.34. The molecule has 0 amide bonds. The number of benzene rings is 1. The first kappa shape index (κ1) is 19.8. The first-order valence-corrected chi connectivity index (χ1v) is 9.82. The van der Waals surface area contributed by atoms with Crippen molar-refractivity contribution in [1.29, 1.82) is 0 Å². The summed E-state index contributed by atoms with van der Waals surface area (Å²) in [5, 5.41) is 7.99. The number of hydrogen-bond acceptors (Lipinski definition) is 4. The number of carbonyl (C=O) groups is 1. The molecule has 0 radical (unpaired) electrons. The van der Waals surface area contributed by atoms with E-state index in [0.717, 1.165) is 40.6 Å². The topological polar surface area (TPSA) is 63.0 Å². The number of halogens is 4. The molecule has 1 unspecified atom stereocenters. The molecule has 3 heterocycles. The summed E-state index contributed by atoms with van der Waals surface area (Å²) >= 11 is 6.98. The van der Waals surface area contributed by atoms with Crippen molar-refractivity contribution in [2.45, 2.75) is 30.4 Å². The smallest absolute Gasteiger partial charge is 0.358 e. The van der Waals surface area contributed by atoms with Gasteiger partial charge in [-0.3, -0.25) is 9.20 Å². The maximum absolute atomic E-state index is 13.1. The SMILES string of the molecule is Cc1[nH]c2ccccc2c1C(=O)C(C)Sc1nnc2c(Cl)cc(C(F)(F)F)cn12. The molecule has 0 bridgehead atoms. The van der Waals surface area contributed by atoms with Crippen LogP contribution in [0.25, 0.3) is 16.6 Å². The lowest BCUT2D eigenvalue weighted by molar-refractivity contribution is -0.137. The van der Waals surface area contributed by atoms with Gasteiger partial charge >= 0.3 is 6.18 Å². The van der Waals surface area contributed by atoms with Crippen LogP contribution in [0.1, 0.15) is 28.5 Å². The Hall–Kier alpha value is -2.52. The highest BCUT2D eigenvalue weighted by molar-refractivity contribution is 8.00. The Labute approximate surface area is 172 Å². The predicted octanol–water partition coefficient (Wildman–Crippen LogP) is 5.55. The van der Waals surface area contributed by atoms with E-state index in [-0.39, 0.29) is 21.6 Å². The van der Waals surface area contributed by atoms with Gasteiger partial charge in [-0.25, -0.2) is 0 Å².